The minimum Gasteiger partial charge on any atom is -0.491 e. The van der Waals surface area contributed by atoms with Crippen molar-refractivity contribution in [2.75, 3.05) is 31.7 Å². The van der Waals surface area contributed by atoms with E-state index in [9.17, 15) is 8.42 Å². The molecule has 0 saturated carbocycles. The second-order valence-electron chi connectivity index (χ2n) is 4.16. The van der Waals surface area contributed by atoms with Gasteiger partial charge in [0, 0.05) is 19.3 Å². The third-order valence-corrected chi connectivity index (χ3v) is 3.84. The van der Waals surface area contributed by atoms with Crippen molar-refractivity contribution in [3.8, 4) is 5.75 Å². The van der Waals surface area contributed by atoms with E-state index >= 15 is 0 Å². The van der Waals surface area contributed by atoms with Crippen LogP contribution in [0.25, 0.3) is 0 Å². The summed E-state index contributed by atoms with van der Waals surface area (Å²) in [6.45, 7) is 3.60. The van der Waals surface area contributed by atoms with E-state index in [1.54, 1.807) is 0 Å². The molecule has 1 N–H and O–H groups in total. The Bertz CT molecular complexity index is 488. The Hall–Kier alpha value is -0.590. The Labute approximate surface area is 117 Å². The highest BCUT2D eigenvalue weighted by Gasteiger charge is 2.02. The van der Waals surface area contributed by atoms with Gasteiger partial charge in [0.1, 0.15) is 22.2 Å². The average molecular weight is 336 g/mol. The van der Waals surface area contributed by atoms with E-state index in [0.29, 0.717) is 19.7 Å². The lowest BCUT2D eigenvalue weighted by Gasteiger charge is -2.09. The van der Waals surface area contributed by atoms with Gasteiger partial charge in [0.05, 0.1) is 10.2 Å². The number of benzene rings is 1. The van der Waals surface area contributed by atoms with Gasteiger partial charge in [-0.15, -0.1) is 0 Å². The molecule has 1 rings (SSSR count). The normalized spacial score (nSPS) is 11.5. The number of halogens is 1. The van der Waals surface area contributed by atoms with Gasteiger partial charge in [-0.05, 0) is 40.5 Å². The topological polar surface area (TPSA) is 55.4 Å². The summed E-state index contributed by atoms with van der Waals surface area (Å²) < 4.78 is 28.3. The van der Waals surface area contributed by atoms with Crippen LogP contribution < -0.4 is 10.1 Å². The Balaban J connectivity index is 2.22. The van der Waals surface area contributed by atoms with Gasteiger partial charge >= 0.3 is 0 Å². The van der Waals surface area contributed by atoms with Gasteiger partial charge in [-0.25, -0.2) is 8.42 Å². The van der Waals surface area contributed by atoms with Crippen molar-refractivity contribution in [3.63, 3.8) is 0 Å². The van der Waals surface area contributed by atoms with Gasteiger partial charge in [0.2, 0.25) is 0 Å². The van der Waals surface area contributed by atoms with Gasteiger partial charge in [-0.3, -0.25) is 0 Å². The van der Waals surface area contributed by atoms with Crippen molar-refractivity contribution in [3.05, 3.63) is 28.2 Å². The van der Waals surface area contributed by atoms with Crippen molar-refractivity contribution in [1.29, 1.82) is 0 Å². The minimum atomic E-state index is -2.89. The summed E-state index contributed by atoms with van der Waals surface area (Å²) in [4.78, 5) is 0. The molecule has 0 fully saturated rings. The van der Waals surface area contributed by atoms with Crippen LogP contribution in [0.1, 0.15) is 5.56 Å². The second kappa shape index (κ2) is 7.11. The molecule has 0 spiro atoms. The monoisotopic (exact) mass is 335 g/mol. The van der Waals surface area contributed by atoms with Crippen molar-refractivity contribution >= 4 is 25.8 Å². The summed E-state index contributed by atoms with van der Waals surface area (Å²) in [5.41, 5.74) is 1.17. The quantitative estimate of drug-likeness (QED) is 0.771. The van der Waals surface area contributed by atoms with Crippen LogP contribution in [0.4, 0.5) is 0 Å². The maximum absolute atomic E-state index is 10.9. The molecular weight excluding hydrogens is 318 g/mol. The van der Waals surface area contributed by atoms with Gasteiger partial charge in [0.15, 0.2) is 0 Å². The predicted octanol–water partition coefficient (Wildman–Crippen LogP) is 1.77. The largest absolute Gasteiger partial charge is 0.491 e. The first-order valence-electron chi connectivity index (χ1n) is 5.66. The fourth-order valence-electron chi connectivity index (χ4n) is 1.34. The van der Waals surface area contributed by atoms with Crippen LogP contribution in [0.2, 0.25) is 0 Å². The standard InChI is InChI=1S/C12H18BrNO3S/c1-10-3-4-12(11(13)9-10)17-7-5-14-6-8-18(2,15)16/h3-4,9,14H,5-8H2,1-2H3. The lowest BCUT2D eigenvalue weighted by Crippen LogP contribution is -2.26. The molecule has 0 aliphatic heterocycles. The molecule has 0 aliphatic carbocycles. The molecule has 102 valence electrons. The molecule has 0 bridgehead atoms. The maximum Gasteiger partial charge on any atom is 0.148 e. The zero-order chi connectivity index (χ0) is 13.6. The summed E-state index contributed by atoms with van der Waals surface area (Å²) in [6.07, 6.45) is 1.23. The molecular formula is C12H18BrNO3S. The van der Waals surface area contributed by atoms with Crippen LogP contribution in [0.3, 0.4) is 0 Å². The van der Waals surface area contributed by atoms with Crippen molar-refractivity contribution in [2.24, 2.45) is 0 Å². The van der Waals surface area contributed by atoms with Crippen molar-refractivity contribution in [2.45, 2.75) is 6.92 Å². The third kappa shape index (κ3) is 6.37. The molecule has 0 heterocycles. The Morgan fingerprint density at radius 2 is 2.06 bits per heavy atom. The predicted molar refractivity (Wildman–Crippen MR) is 77.0 cm³/mol. The Morgan fingerprint density at radius 1 is 1.33 bits per heavy atom. The molecule has 1 aromatic carbocycles. The zero-order valence-electron chi connectivity index (χ0n) is 10.6. The molecule has 0 aromatic heterocycles. The summed E-state index contributed by atoms with van der Waals surface area (Å²) in [5, 5.41) is 3.02. The fraction of sp³-hybridized carbons (Fsp3) is 0.500. The number of ether oxygens (including phenoxy) is 1. The molecule has 1 aromatic rings. The molecule has 0 radical (unpaired) electrons. The Kier molecular flexibility index (Phi) is 6.11. The van der Waals surface area contributed by atoms with E-state index in [0.717, 1.165) is 10.2 Å². The smallest absolute Gasteiger partial charge is 0.148 e. The average Bonchev–Trinajstić information content (AvgIpc) is 2.24. The number of nitrogens with one attached hydrogen (secondary N) is 1. The van der Waals surface area contributed by atoms with Gasteiger partial charge in [0.25, 0.3) is 0 Å². The van der Waals surface area contributed by atoms with Gasteiger partial charge < -0.3 is 10.1 Å². The van der Waals surface area contributed by atoms with Crippen molar-refractivity contribution in [1.82, 2.24) is 5.32 Å². The highest BCUT2D eigenvalue weighted by Crippen LogP contribution is 2.25. The van der Waals surface area contributed by atoms with Crippen molar-refractivity contribution < 1.29 is 13.2 Å². The van der Waals surface area contributed by atoms with Crippen LogP contribution in [-0.4, -0.2) is 40.1 Å². The van der Waals surface area contributed by atoms with Crippen LogP contribution >= 0.6 is 15.9 Å². The maximum atomic E-state index is 10.9. The number of hydrogen-bond acceptors (Lipinski definition) is 4. The second-order valence-corrected chi connectivity index (χ2v) is 7.28. The molecule has 4 nitrogen and oxygen atoms in total. The van der Waals surface area contributed by atoms with Gasteiger partial charge in [-0.1, -0.05) is 6.07 Å². The first kappa shape index (κ1) is 15.5. The number of sulfone groups is 1. The summed E-state index contributed by atoms with van der Waals surface area (Å²) >= 11 is 3.43. The zero-order valence-corrected chi connectivity index (χ0v) is 13.0. The highest BCUT2D eigenvalue weighted by molar-refractivity contribution is 9.10. The first-order valence-corrected chi connectivity index (χ1v) is 8.51. The molecule has 0 aliphatic rings. The highest BCUT2D eigenvalue weighted by atomic mass is 79.9. The third-order valence-electron chi connectivity index (χ3n) is 2.27. The number of rotatable bonds is 7. The molecule has 0 atom stereocenters. The van der Waals surface area contributed by atoms with E-state index < -0.39 is 9.84 Å². The van der Waals surface area contributed by atoms with E-state index in [-0.39, 0.29) is 5.75 Å². The van der Waals surface area contributed by atoms with Crippen LogP contribution in [0, 0.1) is 6.92 Å². The molecule has 0 unspecified atom stereocenters. The summed E-state index contributed by atoms with van der Waals surface area (Å²) in [6, 6.07) is 5.89. The molecule has 6 heteroatoms. The minimum absolute atomic E-state index is 0.154. The van der Waals surface area contributed by atoms with Crippen LogP contribution in [-0.2, 0) is 9.84 Å². The lowest BCUT2D eigenvalue weighted by molar-refractivity contribution is 0.313. The summed E-state index contributed by atoms with van der Waals surface area (Å²) in [5.74, 6) is 0.951. The summed E-state index contributed by atoms with van der Waals surface area (Å²) in [7, 11) is -2.89. The van der Waals surface area contributed by atoms with E-state index in [4.69, 9.17) is 4.74 Å². The SMILES string of the molecule is Cc1ccc(OCCNCCS(C)(=O)=O)c(Br)c1. The van der Waals surface area contributed by atoms with Gasteiger partial charge in [-0.2, -0.15) is 0 Å². The Morgan fingerprint density at radius 3 is 2.67 bits per heavy atom. The number of hydrogen-bond donors (Lipinski definition) is 1. The first-order chi connectivity index (χ1) is 8.38. The van der Waals surface area contributed by atoms with Crippen LogP contribution in [0.5, 0.6) is 5.75 Å². The lowest BCUT2D eigenvalue weighted by atomic mass is 10.2. The molecule has 0 saturated heterocycles. The van der Waals surface area contributed by atoms with E-state index in [1.807, 2.05) is 25.1 Å². The number of aryl methyl sites for hydroxylation is 1. The molecule has 0 amide bonds. The molecule has 18 heavy (non-hydrogen) atoms. The van der Waals surface area contributed by atoms with Crippen LogP contribution in [0.15, 0.2) is 22.7 Å². The van der Waals surface area contributed by atoms with E-state index in [1.165, 1.54) is 11.8 Å². The van der Waals surface area contributed by atoms with E-state index in [2.05, 4.69) is 21.2 Å². The fourth-order valence-corrected chi connectivity index (χ4v) is 2.46.